The summed E-state index contributed by atoms with van der Waals surface area (Å²) in [6.45, 7) is -0.875. The third kappa shape index (κ3) is 4.19. The quantitative estimate of drug-likeness (QED) is 0.830. The summed E-state index contributed by atoms with van der Waals surface area (Å²) in [6, 6.07) is 6.10. The average Bonchev–Trinajstić information content (AvgIpc) is 2.34. The van der Waals surface area contributed by atoms with E-state index in [2.05, 4.69) is 0 Å². The molecule has 1 atom stereocenters. The van der Waals surface area contributed by atoms with Gasteiger partial charge in [0.15, 0.2) is 6.10 Å². The molecule has 0 aliphatic heterocycles. The number of benzene rings is 1. The van der Waals surface area contributed by atoms with Crippen molar-refractivity contribution in [1.29, 1.82) is 0 Å². The van der Waals surface area contributed by atoms with Gasteiger partial charge in [-0.05, 0) is 17.7 Å². The number of aliphatic hydroxyl groups excluding tert-OH is 1. The van der Waals surface area contributed by atoms with Gasteiger partial charge in [0.1, 0.15) is 0 Å². The van der Waals surface area contributed by atoms with Crippen LogP contribution in [0.25, 0.3) is 0 Å². The number of hydrogen-bond donors (Lipinski definition) is 2. The molecule has 1 amide bonds. The Morgan fingerprint density at radius 1 is 1.33 bits per heavy atom. The molecule has 0 bridgehead atoms. The molecular weight excluding hydrogens is 271 g/mol. The van der Waals surface area contributed by atoms with E-state index < -0.39 is 24.7 Å². The third-order valence-electron chi connectivity index (χ3n) is 2.20. The van der Waals surface area contributed by atoms with Crippen LogP contribution >= 0.6 is 11.6 Å². The molecule has 0 aliphatic rings. The van der Waals surface area contributed by atoms with Gasteiger partial charge in [-0.2, -0.15) is 13.2 Å². The molecule has 2 N–H and O–H groups in total. The van der Waals surface area contributed by atoms with E-state index in [0.29, 0.717) is 0 Å². The van der Waals surface area contributed by atoms with Crippen molar-refractivity contribution in [3.05, 3.63) is 35.4 Å². The molecule has 0 heterocycles. The normalized spacial score (nSPS) is 13.2. The van der Waals surface area contributed by atoms with Gasteiger partial charge < -0.3 is 10.4 Å². The van der Waals surface area contributed by atoms with Gasteiger partial charge in [0.05, 0.1) is 6.54 Å². The van der Waals surface area contributed by atoms with Crippen molar-refractivity contribution in [2.75, 3.05) is 6.54 Å². The molecule has 0 aliphatic carbocycles. The average molecular weight is 282 g/mol. The lowest BCUT2D eigenvalue weighted by Crippen LogP contribution is -2.40. The number of carbonyl (C=O) groups excluding carboxylic acids is 1. The second-order valence-corrected chi connectivity index (χ2v) is 3.87. The first-order valence-electron chi connectivity index (χ1n) is 5.02. The summed E-state index contributed by atoms with van der Waals surface area (Å²) < 4.78 is 36.0. The van der Waals surface area contributed by atoms with E-state index in [9.17, 15) is 18.0 Å². The Morgan fingerprint density at radius 2 is 1.89 bits per heavy atom. The number of aliphatic hydroxyl groups is 1. The van der Waals surface area contributed by atoms with Crippen molar-refractivity contribution >= 4 is 17.5 Å². The molecule has 0 aromatic heterocycles. The van der Waals surface area contributed by atoms with Crippen LogP contribution in [0.3, 0.4) is 0 Å². The Bertz CT molecular complexity index is 406. The molecular formula is C11H11ClF3NO2. The molecule has 3 nitrogen and oxygen atoms in total. The van der Waals surface area contributed by atoms with Gasteiger partial charge in [-0.25, -0.2) is 0 Å². The molecule has 1 aromatic carbocycles. The molecule has 1 unspecified atom stereocenters. The molecule has 0 radical (unpaired) electrons. The first-order valence-corrected chi connectivity index (χ1v) is 5.56. The number of rotatable bonds is 4. The Labute approximate surface area is 107 Å². The Hall–Kier alpha value is -1.27. The second-order valence-electron chi connectivity index (χ2n) is 3.60. The van der Waals surface area contributed by atoms with Crippen LogP contribution in [0.2, 0.25) is 0 Å². The zero-order valence-electron chi connectivity index (χ0n) is 9.17. The minimum absolute atomic E-state index is 0.207. The van der Waals surface area contributed by atoms with Gasteiger partial charge in [0.2, 0.25) is 0 Å². The number of alkyl halides is 4. The van der Waals surface area contributed by atoms with Crippen molar-refractivity contribution in [3.63, 3.8) is 0 Å². The van der Waals surface area contributed by atoms with E-state index >= 15 is 0 Å². The summed E-state index contributed by atoms with van der Waals surface area (Å²) in [5.74, 6) is -0.395. The fourth-order valence-corrected chi connectivity index (χ4v) is 1.33. The van der Waals surface area contributed by atoms with E-state index in [4.69, 9.17) is 16.7 Å². The van der Waals surface area contributed by atoms with Crippen LogP contribution in [0, 0.1) is 0 Å². The molecule has 1 rings (SSSR count). The predicted molar refractivity (Wildman–Crippen MR) is 60.4 cm³/mol. The smallest absolute Gasteiger partial charge is 0.382 e. The highest BCUT2D eigenvalue weighted by Gasteiger charge is 2.38. The van der Waals surface area contributed by atoms with E-state index in [1.165, 1.54) is 12.1 Å². The van der Waals surface area contributed by atoms with Gasteiger partial charge in [0.25, 0.3) is 5.91 Å². The van der Waals surface area contributed by atoms with Crippen LogP contribution in [0.15, 0.2) is 24.3 Å². The van der Waals surface area contributed by atoms with Crippen molar-refractivity contribution in [1.82, 2.24) is 5.32 Å². The molecule has 18 heavy (non-hydrogen) atoms. The van der Waals surface area contributed by atoms with Gasteiger partial charge in [-0.3, -0.25) is 4.79 Å². The molecule has 0 saturated heterocycles. The molecule has 7 heteroatoms. The van der Waals surface area contributed by atoms with Crippen LogP contribution in [0.4, 0.5) is 13.2 Å². The minimum atomic E-state index is -4.74. The van der Waals surface area contributed by atoms with Crippen molar-refractivity contribution in [2.45, 2.75) is 18.2 Å². The minimum Gasteiger partial charge on any atom is -0.382 e. The van der Waals surface area contributed by atoms with Gasteiger partial charge in [-0.15, -0.1) is 11.6 Å². The Kier molecular flexibility index (Phi) is 4.98. The first-order chi connectivity index (χ1) is 8.34. The molecule has 0 fully saturated rings. The number of carbonyl (C=O) groups is 1. The highest BCUT2D eigenvalue weighted by Crippen LogP contribution is 2.19. The third-order valence-corrected chi connectivity index (χ3v) is 2.51. The zero-order valence-corrected chi connectivity index (χ0v) is 9.92. The van der Waals surface area contributed by atoms with Crippen LogP contribution in [-0.2, 0) is 5.88 Å². The summed E-state index contributed by atoms with van der Waals surface area (Å²) in [7, 11) is 0. The van der Waals surface area contributed by atoms with E-state index in [-0.39, 0.29) is 11.4 Å². The van der Waals surface area contributed by atoms with Gasteiger partial charge in [-0.1, -0.05) is 12.1 Å². The lowest BCUT2D eigenvalue weighted by atomic mass is 10.1. The topological polar surface area (TPSA) is 49.3 Å². The van der Waals surface area contributed by atoms with Crippen molar-refractivity contribution < 1.29 is 23.1 Å². The molecule has 0 saturated carbocycles. The zero-order chi connectivity index (χ0) is 13.8. The number of nitrogens with one attached hydrogen (secondary N) is 1. The fourth-order valence-electron chi connectivity index (χ4n) is 1.15. The van der Waals surface area contributed by atoms with Crippen LogP contribution < -0.4 is 5.32 Å². The standard InChI is InChI=1S/C11H11ClF3NO2/c12-5-7-1-3-8(4-2-7)10(18)16-6-9(17)11(13,14)15/h1-4,9,17H,5-6H2,(H,16,18). The summed E-state index contributed by atoms with van der Waals surface area (Å²) in [6.07, 6.45) is -7.31. The van der Waals surface area contributed by atoms with Crippen molar-refractivity contribution in [3.8, 4) is 0 Å². The van der Waals surface area contributed by atoms with Gasteiger partial charge >= 0.3 is 6.18 Å². The van der Waals surface area contributed by atoms with E-state index in [1.807, 2.05) is 5.32 Å². The Balaban J connectivity index is 2.55. The highest BCUT2D eigenvalue weighted by molar-refractivity contribution is 6.17. The summed E-state index contributed by atoms with van der Waals surface area (Å²) in [5, 5.41) is 10.7. The van der Waals surface area contributed by atoms with Crippen LogP contribution in [0.1, 0.15) is 15.9 Å². The van der Waals surface area contributed by atoms with Crippen molar-refractivity contribution in [2.24, 2.45) is 0 Å². The molecule has 0 spiro atoms. The van der Waals surface area contributed by atoms with Gasteiger partial charge in [0, 0.05) is 11.4 Å². The number of hydrogen-bond acceptors (Lipinski definition) is 2. The number of amides is 1. The monoisotopic (exact) mass is 281 g/mol. The predicted octanol–water partition coefficient (Wildman–Crippen LogP) is 2.08. The number of halogens is 4. The van der Waals surface area contributed by atoms with E-state index in [1.54, 1.807) is 12.1 Å². The maximum Gasteiger partial charge on any atom is 0.416 e. The van der Waals surface area contributed by atoms with E-state index in [0.717, 1.165) is 5.56 Å². The molecule has 100 valence electrons. The highest BCUT2D eigenvalue weighted by atomic mass is 35.5. The first kappa shape index (κ1) is 14.8. The molecule has 1 aromatic rings. The maximum atomic E-state index is 12.0. The maximum absolute atomic E-state index is 12.0. The largest absolute Gasteiger partial charge is 0.416 e. The SMILES string of the molecule is O=C(NCC(O)C(F)(F)F)c1ccc(CCl)cc1. The summed E-state index contributed by atoms with van der Waals surface area (Å²) >= 11 is 5.55. The summed E-state index contributed by atoms with van der Waals surface area (Å²) in [4.78, 5) is 11.5. The Morgan fingerprint density at radius 3 is 2.33 bits per heavy atom. The van der Waals surface area contributed by atoms with Crippen LogP contribution in [0.5, 0.6) is 0 Å². The lowest BCUT2D eigenvalue weighted by Gasteiger charge is -2.15. The summed E-state index contributed by atoms with van der Waals surface area (Å²) in [5.41, 5.74) is 1.00. The second kappa shape index (κ2) is 6.06. The van der Waals surface area contributed by atoms with Crippen LogP contribution in [-0.4, -0.2) is 29.8 Å². The fraction of sp³-hybridized carbons (Fsp3) is 0.364. The lowest BCUT2D eigenvalue weighted by molar-refractivity contribution is -0.201.